The molecule has 1 saturated heterocycles. The average Bonchev–Trinajstić information content (AvgIpc) is 2.88. The van der Waals surface area contributed by atoms with Crippen LogP contribution in [0.25, 0.3) is 0 Å². The lowest BCUT2D eigenvalue weighted by molar-refractivity contribution is 0.0827. The Morgan fingerprint density at radius 2 is 2.26 bits per heavy atom. The van der Waals surface area contributed by atoms with E-state index in [1.165, 1.54) is 12.7 Å². The van der Waals surface area contributed by atoms with Crippen LogP contribution in [0.4, 0.5) is 0 Å². The summed E-state index contributed by atoms with van der Waals surface area (Å²) >= 11 is 0. The summed E-state index contributed by atoms with van der Waals surface area (Å²) in [6, 6.07) is 1.15. The Bertz CT molecular complexity index is 371. The van der Waals surface area contributed by atoms with E-state index in [9.17, 15) is 0 Å². The van der Waals surface area contributed by atoms with Crippen LogP contribution in [-0.4, -0.2) is 46.8 Å². The van der Waals surface area contributed by atoms with Crippen molar-refractivity contribution < 1.29 is 4.52 Å². The highest BCUT2D eigenvalue weighted by Gasteiger charge is 2.33. The van der Waals surface area contributed by atoms with Crippen LogP contribution in [0, 0.1) is 5.41 Å². The van der Waals surface area contributed by atoms with E-state index >= 15 is 0 Å². The van der Waals surface area contributed by atoms with Crippen molar-refractivity contribution in [2.45, 2.75) is 52.6 Å². The summed E-state index contributed by atoms with van der Waals surface area (Å²) in [4.78, 5) is 6.67. The molecule has 5 heteroatoms. The first-order valence-electron chi connectivity index (χ1n) is 7.23. The van der Waals surface area contributed by atoms with Gasteiger partial charge in [0.2, 0.25) is 5.89 Å². The van der Waals surface area contributed by atoms with E-state index < -0.39 is 0 Å². The zero-order chi connectivity index (χ0) is 13.9. The van der Waals surface area contributed by atoms with Crippen molar-refractivity contribution >= 4 is 0 Å². The quantitative estimate of drug-likeness (QED) is 0.899. The van der Waals surface area contributed by atoms with Gasteiger partial charge in [-0.1, -0.05) is 32.9 Å². The van der Waals surface area contributed by atoms with Crippen molar-refractivity contribution in [3.8, 4) is 0 Å². The number of rotatable bonds is 4. The van der Waals surface area contributed by atoms with E-state index in [0.717, 1.165) is 31.9 Å². The maximum atomic E-state index is 5.08. The maximum absolute atomic E-state index is 5.08. The molecule has 1 N–H and O–H groups in total. The van der Waals surface area contributed by atoms with Gasteiger partial charge in [0.15, 0.2) is 6.33 Å². The van der Waals surface area contributed by atoms with Gasteiger partial charge in [0.25, 0.3) is 0 Å². The summed E-state index contributed by atoms with van der Waals surface area (Å²) in [5.41, 5.74) is 0.293. The highest BCUT2D eigenvalue weighted by Crippen LogP contribution is 2.24. The molecule has 1 fully saturated rings. The second kappa shape index (κ2) is 6.01. The van der Waals surface area contributed by atoms with Gasteiger partial charge in [-0.2, -0.15) is 4.98 Å². The zero-order valence-electron chi connectivity index (χ0n) is 12.5. The highest BCUT2D eigenvalue weighted by atomic mass is 16.5. The van der Waals surface area contributed by atoms with Crippen LogP contribution in [0.2, 0.25) is 0 Å². The van der Waals surface area contributed by atoms with Gasteiger partial charge >= 0.3 is 0 Å². The van der Waals surface area contributed by atoms with Gasteiger partial charge in [0, 0.05) is 38.1 Å². The standard InChI is InChI=1S/C14H26N4O/c1-5-11-8-15-12(14(2,3)4)9-18(11)7-6-13-16-10-17-19-13/h10-12,15H,5-9H2,1-4H3. The number of hydrogen-bond donors (Lipinski definition) is 1. The van der Waals surface area contributed by atoms with Crippen molar-refractivity contribution in [3.63, 3.8) is 0 Å². The first kappa shape index (κ1) is 14.5. The van der Waals surface area contributed by atoms with E-state index in [1.807, 2.05) is 0 Å². The van der Waals surface area contributed by atoms with E-state index in [1.54, 1.807) is 0 Å². The second-order valence-corrected chi connectivity index (χ2v) is 6.47. The number of nitrogens with one attached hydrogen (secondary N) is 1. The molecule has 19 heavy (non-hydrogen) atoms. The van der Waals surface area contributed by atoms with Crippen LogP contribution >= 0.6 is 0 Å². The normalized spacial score (nSPS) is 25.7. The fourth-order valence-electron chi connectivity index (χ4n) is 2.66. The van der Waals surface area contributed by atoms with Crippen LogP contribution in [0.5, 0.6) is 0 Å². The minimum Gasteiger partial charge on any atom is -0.340 e. The molecule has 1 aromatic rings. The van der Waals surface area contributed by atoms with Gasteiger partial charge in [-0.15, -0.1) is 0 Å². The molecule has 1 aliphatic rings. The minimum atomic E-state index is 0.293. The molecule has 108 valence electrons. The number of hydrogen-bond acceptors (Lipinski definition) is 5. The van der Waals surface area contributed by atoms with Crippen LogP contribution < -0.4 is 5.32 Å². The molecule has 0 spiro atoms. The smallest absolute Gasteiger partial charge is 0.227 e. The third-order valence-corrected chi connectivity index (χ3v) is 4.07. The zero-order valence-corrected chi connectivity index (χ0v) is 12.5. The molecule has 0 radical (unpaired) electrons. The first-order chi connectivity index (χ1) is 9.00. The van der Waals surface area contributed by atoms with Crippen molar-refractivity contribution in [1.29, 1.82) is 0 Å². The summed E-state index contributed by atoms with van der Waals surface area (Å²) in [6.07, 6.45) is 3.49. The van der Waals surface area contributed by atoms with Crippen molar-refractivity contribution in [1.82, 2.24) is 20.4 Å². The van der Waals surface area contributed by atoms with Crippen LogP contribution in [0.15, 0.2) is 10.9 Å². The van der Waals surface area contributed by atoms with Gasteiger partial charge in [0.05, 0.1) is 0 Å². The number of nitrogens with zero attached hydrogens (tertiary/aromatic N) is 3. The lowest BCUT2D eigenvalue weighted by Gasteiger charge is -2.44. The summed E-state index contributed by atoms with van der Waals surface area (Å²) < 4.78 is 5.08. The number of piperazine rings is 1. The molecule has 2 rings (SSSR count). The predicted molar refractivity (Wildman–Crippen MR) is 74.9 cm³/mol. The predicted octanol–water partition coefficient (Wildman–Crippen LogP) is 1.71. The highest BCUT2D eigenvalue weighted by molar-refractivity contribution is 4.92. The second-order valence-electron chi connectivity index (χ2n) is 6.47. The molecule has 2 heterocycles. The van der Waals surface area contributed by atoms with Gasteiger partial charge < -0.3 is 9.84 Å². The van der Waals surface area contributed by atoms with E-state index in [4.69, 9.17) is 4.52 Å². The van der Waals surface area contributed by atoms with E-state index in [2.05, 4.69) is 48.1 Å². The van der Waals surface area contributed by atoms with Crippen molar-refractivity contribution in [2.24, 2.45) is 5.41 Å². The molecule has 1 aromatic heterocycles. The average molecular weight is 266 g/mol. The maximum Gasteiger partial charge on any atom is 0.227 e. The third kappa shape index (κ3) is 3.76. The van der Waals surface area contributed by atoms with Gasteiger partial charge in [-0.25, -0.2) is 0 Å². The molecule has 1 aliphatic heterocycles. The SMILES string of the molecule is CCC1CNC(C(C)(C)C)CN1CCc1ncno1. The minimum absolute atomic E-state index is 0.293. The largest absolute Gasteiger partial charge is 0.340 e. The van der Waals surface area contributed by atoms with Crippen LogP contribution in [0.1, 0.15) is 40.0 Å². The first-order valence-corrected chi connectivity index (χ1v) is 7.23. The topological polar surface area (TPSA) is 54.2 Å². The monoisotopic (exact) mass is 266 g/mol. The molecule has 0 bridgehead atoms. The molecule has 2 atom stereocenters. The molecule has 0 saturated carbocycles. The molecular formula is C14H26N4O. The Morgan fingerprint density at radius 1 is 1.47 bits per heavy atom. The van der Waals surface area contributed by atoms with Crippen LogP contribution in [0.3, 0.4) is 0 Å². The fourth-order valence-corrected chi connectivity index (χ4v) is 2.66. The van der Waals surface area contributed by atoms with Gasteiger partial charge in [0.1, 0.15) is 0 Å². The Kier molecular flexibility index (Phi) is 4.58. The summed E-state index contributed by atoms with van der Waals surface area (Å²) in [5, 5.41) is 7.35. The lowest BCUT2D eigenvalue weighted by Crippen LogP contribution is -2.60. The molecular weight excluding hydrogens is 240 g/mol. The fraction of sp³-hybridized carbons (Fsp3) is 0.857. The molecule has 0 amide bonds. The summed E-state index contributed by atoms with van der Waals surface area (Å²) in [6.45, 7) is 12.3. The third-order valence-electron chi connectivity index (χ3n) is 4.07. The van der Waals surface area contributed by atoms with Crippen molar-refractivity contribution in [3.05, 3.63) is 12.2 Å². The molecule has 0 aromatic carbocycles. The molecule has 2 unspecified atom stereocenters. The summed E-state index contributed by atoms with van der Waals surface area (Å²) in [7, 11) is 0. The number of aromatic nitrogens is 2. The van der Waals surface area contributed by atoms with Gasteiger partial charge in [-0.3, -0.25) is 4.90 Å². The Morgan fingerprint density at radius 3 is 2.84 bits per heavy atom. The molecule has 5 nitrogen and oxygen atoms in total. The Balaban J connectivity index is 1.94. The van der Waals surface area contributed by atoms with Crippen molar-refractivity contribution in [2.75, 3.05) is 19.6 Å². The Labute approximate surface area is 115 Å². The Hall–Kier alpha value is -0.940. The lowest BCUT2D eigenvalue weighted by atomic mass is 9.84. The van der Waals surface area contributed by atoms with E-state index in [-0.39, 0.29) is 0 Å². The molecule has 0 aliphatic carbocycles. The van der Waals surface area contributed by atoms with Gasteiger partial charge in [-0.05, 0) is 11.8 Å². The van der Waals surface area contributed by atoms with Crippen LogP contribution in [-0.2, 0) is 6.42 Å². The van der Waals surface area contributed by atoms with E-state index in [0.29, 0.717) is 17.5 Å². The summed E-state index contributed by atoms with van der Waals surface area (Å²) in [5.74, 6) is 0.737.